The molecule has 0 radical (unpaired) electrons. The van der Waals surface area contributed by atoms with E-state index >= 15 is 0 Å². The molecule has 1 amide bonds. The SMILES string of the molecule is O=C(CCc1cn2ccccc2n1)N(Cc1ccccn1)C[C@@H]1CCCO1. The average Bonchev–Trinajstić information content (AvgIpc) is 3.35. The van der Waals surface area contributed by atoms with Gasteiger partial charge in [-0.25, -0.2) is 4.98 Å². The lowest BCUT2D eigenvalue weighted by Gasteiger charge is -2.25. The third-order valence-electron chi connectivity index (χ3n) is 4.89. The summed E-state index contributed by atoms with van der Waals surface area (Å²) in [6.45, 7) is 1.93. The first-order chi connectivity index (χ1) is 13.3. The maximum atomic E-state index is 12.9. The minimum Gasteiger partial charge on any atom is -0.376 e. The Hall–Kier alpha value is -2.73. The molecule has 0 saturated carbocycles. The monoisotopic (exact) mass is 364 g/mol. The van der Waals surface area contributed by atoms with Gasteiger partial charge < -0.3 is 14.0 Å². The van der Waals surface area contributed by atoms with Crippen LogP contribution in [0.4, 0.5) is 0 Å². The maximum absolute atomic E-state index is 12.9. The summed E-state index contributed by atoms with van der Waals surface area (Å²) in [5, 5.41) is 0. The van der Waals surface area contributed by atoms with Crippen LogP contribution in [0.25, 0.3) is 5.65 Å². The molecule has 3 aromatic heterocycles. The molecule has 0 unspecified atom stereocenters. The van der Waals surface area contributed by atoms with E-state index in [0.717, 1.165) is 36.5 Å². The van der Waals surface area contributed by atoms with Crippen LogP contribution >= 0.6 is 0 Å². The fourth-order valence-electron chi connectivity index (χ4n) is 3.48. The largest absolute Gasteiger partial charge is 0.376 e. The summed E-state index contributed by atoms with van der Waals surface area (Å²) in [6, 6.07) is 11.7. The Morgan fingerprint density at radius 1 is 1.22 bits per heavy atom. The van der Waals surface area contributed by atoms with E-state index in [9.17, 15) is 4.79 Å². The van der Waals surface area contributed by atoms with Gasteiger partial charge in [-0.05, 0) is 43.5 Å². The molecule has 1 aliphatic rings. The summed E-state index contributed by atoms with van der Waals surface area (Å²) in [6.07, 6.45) is 9.00. The highest BCUT2D eigenvalue weighted by Crippen LogP contribution is 2.16. The van der Waals surface area contributed by atoms with Crippen LogP contribution in [-0.4, -0.2) is 44.4 Å². The second-order valence-electron chi connectivity index (χ2n) is 6.93. The molecule has 3 aromatic rings. The maximum Gasteiger partial charge on any atom is 0.223 e. The Morgan fingerprint density at radius 3 is 2.93 bits per heavy atom. The van der Waals surface area contributed by atoms with Crippen molar-refractivity contribution in [2.24, 2.45) is 0 Å². The number of nitrogens with zero attached hydrogens (tertiary/aromatic N) is 4. The molecule has 1 aliphatic heterocycles. The van der Waals surface area contributed by atoms with Crippen LogP contribution < -0.4 is 0 Å². The highest BCUT2D eigenvalue weighted by molar-refractivity contribution is 5.76. The van der Waals surface area contributed by atoms with E-state index in [1.165, 1.54) is 0 Å². The molecular formula is C21H24N4O2. The highest BCUT2D eigenvalue weighted by atomic mass is 16.5. The molecule has 140 valence electrons. The predicted molar refractivity (Wildman–Crippen MR) is 102 cm³/mol. The summed E-state index contributed by atoms with van der Waals surface area (Å²) in [7, 11) is 0. The predicted octanol–water partition coefficient (Wildman–Crippen LogP) is 2.87. The van der Waals surface area contributed by atoms with E-state index in [0.29, 0.717) is 25.9 Å². The van der Waals surface area contributed by atoms with Crippen LogP contribution in [0.2, 0.25) is 0 Å². The van der Waals surface area contributed by atoms with Crippen molar-refractivity contribution in [1.82, 2.24) is 19.3 Å². The van der Waals surface area contributed by atoms with Gasteiger partial charge in [-0.2, -0.15) is 0 Å². The molecule has 0 aromatic carbocycles. The van der Waals surface area contributed by atoms with E-state index in [2.05, 4.69) is 9.97 Å². The molecule has 1 atom stereocenters. The van der Waals surface area contributed by atoms with Crippen molar-refractivity contribution < 1.29 is 9.53 Å². The van der Waals surface area contributed by atoms with Crippen molar-refractivity contribution in [2.45, 2.75) is 38.3 Å². The van der Waals surface area contributed by atoms with Gasteiger partial charge in [0.05, 0.1) is 24.0 Å². The number of carbonyl (C=O) groups is 1. The Morgan fingerprint density at radius 2 is 2.15 bits per heavy atom. The summed E-state index contributed by atoms with van der Waals surface area (Å²) in [4.78, 5) is 23.8. The van der Waals surface area contributed by atoms with Gasteiger partial charge >= 0.3 is 0 Å². The minimum absolute atomic E-state index is 0.119. The zero-order chi connectivity index (χ0) is 18.5. The third-order valence-corrected chi connectivity index (χ3v) is 4.89. The number of amides is 1. The number of pyridine rings is 2. The van der Waals surface area contributed by atoms with Crippen molar-refractivity contribution in [3.05, 3.63) is 66.4 Å². The molecule has 1 saturated heterocycles. The van der Waals surface area contributed by atoms with Gasteiger partial charge in [-0.1, -0.05) is 12.1 Å². The van der Waals surface area contributed by atoms with Crippen LogP contribution in [0, 0.1) is 0 Å². The lowest BCUT2D eigenvalue weighted by Crippen LogP contribution is -2.37. The lowest BCUT2D eigenvalue weighted by atomic mass is 10.2. The van der Waals surface area contributed by atoms with Crippen LogP contribution in [0.5, 0.6) is 0 Å². The average molecular weight is 364 g/mol. The summed E-state index contributed by atoms with van der Waals surface area (Å²) >= 11 is 0. The normalized spacial score (nSPS) is 16.7. The quantitative estimate of drug-likeness (QED) is 0.647. The van der Waals surface area contributed by atoms with E-state index in [4.69, 9.17) is 4.74 Å². The van der Waals surface area contributed by atoms with Gasteiger partial charge in [0.25, 0.3) is 0 Å². The van der Waals surface area contributed by atoms with Crippen molar-refractivity contribution >= 4 is 11.6 Å². The second-order valence-corrected chi connectivity index (χ2v) is 6.93. The first-order valence-corrected chi connectivity index (χ1v) is 9.50. The van der Waals surface area contributed by atoms with Crippen LogP contribution in [0.3, 0.4) is 0 Å². The summed E-state index contributed by atoms with van der Waals surface area (Å²) in [5.74, 6) is 0.119. The van der Waals surface area contributed by atoms with E-state index in [1.54, 1.807) is 6.20 Å². The van der Waals surface area contributed by atoms with E-state index in [1.807, 2.05) is 58.1 Å². The number of ether oxygens (including phenoxy) is 1. The van der Waals surface area contributed by atoms with Gasteiger partial charge in [0.15, 0.2) is 0 Å². The molecule has 6 nitrogen and oxygen atoms in total. The van der Waals surface area contributed by atoms with E-state index < -0.39 is 0 Å². The fraction of sp³-hybridized carbons (Fsp3) is 0.381. The van der Waals surface area contributed by atoms with Crippen LogP contribution in [0.1, 0.15) is 30.7 Å². The molecule has 6 heteroatoms. The van der Waals surface area contributed by atoms with Crippen molar-refractivity contribution in [3.63, 3.8) is 0 Å². The topological polar surface area (TPSA) is 59.7 Å². The number of fused-ring (bicyclic) bond motifs is 1. The molecule has 27 heavy (non-hydrogen) atoms. The van der Waals surface area contributed by atoms with Gasteiger partial charge in [-0.15, -0.1) is 0 Å². The minimum atomic E-state index is 0.119. The number of hydrogen-bond donors (Lipinski definition) is 0. The van der Waals surface area contributed by atoms with Crippen molar-refractivity contribution in [2.75, 3.05) is 13.2 Å². The number of carbonyl (C=O) groups excluding carboxylic acids is 1. The van der Waals surface area contributed by atoms with Crippen molar-refractivity contribution in [3.8, 4) is 0 Å². The van der Waals surface area contributed by atoms with Gasteiger partial charge in [0.1, 0.15) is 5.65 Å². The number of aromatic nitrogens is 3. The Labute approximate surface area is 158 Å². The molecular weight excluding hydrogens is 340 g/mol. The Kier molecular flexibility index (Phi) is 5.44. The Bertz CT molecular complexity index is 854. The molecule has 4 heterocycles. The summed E-state index contributed by atoms with van der Waals surface area (Å²) < 4.78 is 7.73. The molecule has 4 rings (SSSR count). The standard InChI is InChI=1S/C21H24N4O2/c26-21(10-9-18-15-24-12-4-2-8-20(24)23-18)25(16-19-7-5-13-27-19)14-17-6-1-3-11-22-17/h1-4,6,8,11-12,15,19H,5,7,9-10,13-14,16H2/t19-/m0/s1. The molecule has 0 spiro atoms. The van der Waals surface area contributed by atoms with E-state index in [-0.39, 0.29) is 12.0 Å². The Balaban J connectivity index is 1.42. The second kappa shape index (κ2) is 8.31. The molecule has 0 bridgehead atoms. The number of imidazole rings is 1. The first-order valence-electron chi connectivity index (χ1n) is 9.50. The third kappa shape index (κ3) is 4.52. The van der Waals surface area contributed by atoms with Crippen LogP contribution in [0.15, 0.2) is 55.0 Å². The number of rotatable bonds is 7. The molecule has 0 aliphatic carbocycles. The smallest absolute Gasteiger partial charge is 0.223 e. The number of aryl methyl sites for hydroxylation is 1. The highest BCUT2D eigenvalue weighted by Gasteiger charge is 2.23. The van der Waals surface area contributed by atoms with Crippen molar-refractivity contribution in [1.29, 1.82) is 0 Å². The molecule has 0 N–H and O–H groups in total. The fourth-order valence-corrected chi connectivity index (χ4v) is 3.48. The van der Waals surface area contributed by atoms with Gasteiger partial charge in [-0.3, -0.25) is 9.78 Å². The zero-order valence-electron chi connectivity index (χ0n) is 15.3. The zero-order valence-corrected chi connectivity index (χ0v) is 15.3. The van der Waals surface area contributed by atoms with Gasteiger partial charge in [0, 0.05) is 38.2 Å². The lowest BCUT2D eigenvalue weighted by molar-refractivity contribution is -0.133. The van der Waals surface area contributed by atoms with Crippen LogP contribution in [-0.2, 0) is 22.5 Å². The van der Waals surface area contributed by atoms with Gasteiger partial charge in [0.2, 0.25) is 5.91 Å². The molecule has 1 fully saturated rings. The first kappa shape index (κ1) is 17.7. The number of hydrogen-bond acceptors (Lipinski definition) is 4. The summed E-state index contributed by atoms with van der Waals surface area (Å²) in [5.41, 5.74) is 2.74.